The minimum atomic E-state index is -4.25. The summed E-state index contributed by atoms with van der Waals surface area (Å²) < 4.78 is 41.2. The molecule has 1 aromatic rings. The van der Waals surface area contributed by atoms with Gasteiger partial charge in [0.25, 0.3) is 0 Å². The lowest BCUT2D eigenvalue weighted by atomic mass is 10.2. The van der Waals surface area contributed by atoms with Crippen molar-refractivity contribution in [1.29, 1.82) is 0 Å². The van der Waals surface area contributed by atoms with Gasteiger partial charge >= 0.3 is 5.97 Å². The third-order valence-corrected chi connectivity index (χ3v) is 4.13. The van der Waals surface area contributed by atoms with Gasteiger partial charge in [-0.05, 0) is 41.4 Å². The van der Waals surface area contributed by atoms with E-state index in [1.54, 1.807) is 6.92 Å². The average Bonchev–Trinajstić information content (AvgIpc) is 2.26. The summed E-state index contributed by atoms with van der Waals surface area (Å²) in [4.78, 5) is 11.2. The zero-order valence-electron chi connectivity index (χ0n) is 11.0. The lowest BCUT2D eigenvalue weighted by Crippen LogP contribution is -2.18. The molecule has 112 valence electrons. The average molecular weight is 368 g/mol. The van der Waals surface area contributed by atoms with Crippen LogP contribution in [0, 0.1) is 5.82 Å². The van der Waals surface area contributed by atoms with E-state index in [4.69, 9.17) is 9.88 Å². The number of hydrogen-bond donors (Lipinski definition) is 1. The molecular formula is C12H15BrFNO4S. The molecule has 0 aromatic heterocycles. The number of carbonyl (C=O) groups is 1. The van der Waals surface area contributed by atoms with E-state index in [1.807, 2.05) is 6.92 Å². The summed E-state index contributed by atoms with van der Waals surface area (Å²) in [5.41, 5.74) is -0.0848. The second-order valence-electron chi connectivity index (χ2n) is 4.31. The zero-order valence-corrected chi connectivity index (χ0v) is 13.4. The van der Waals surface area contributed by atoms with Gasteiger partial charge in [0.2, 0.25) is 10.0 Å². The Morgan fingerprint density at radius 1 is 1.50 bits per heavy atom. The number of sulfonamides is 1. The number of benzene rings is 1. The van der Waals surface area contributed by atoms with Gasteiger partial charge in [-0.1, -0.05) is 13.3 Å². The number of esters is 1. The van der Waals surface area contributed by atoms with Crippen LogP contribution < -0.4 is 5.14 Å². The predicted octanol–water partition coefficient (Wildman–Crippen LogP) is 2.58. The molecule has 0 saturated carbocycles. The van der Waals surface area contributed by atoms with Gasteiger partial charge in [0, 0.05) is 4.47 Å². The molecule has 1 aromatic carbocycles. The Kier molecular flexibility index (Phi) is 5.67. The molecular weight excluding hydrogens is 353 g/mol. The highest BCUT2D eigenvalue weighted by molar-refractivity contribution is 9.10. The number of ether oxygens (including phenoxy) is 1. The van der Waals surface area contributed by atoms with Crippen LogP contribution in [0.3, 0.4) is 0 Å². The van der Waals surface area contributed by atoms with E-state index in [1.165, 1.54) is 0 Å². The molecule has 0 amide bonds. The van der Waals surface area contributed by atoms with E-state index in [2.05, 4.69) is 15.9 Å². The molecule has 1 atom stereocenters. The van der Waals surface area contributed by atoms with Gasteiger partial charge in [-0.3, -0.25) is 0 Å². The number of hydrogen-bond acceptors (Lipinski definition) is 4. The van der Waals surface area contributed by atoms with Crippen LogP contribution in [0.1, 0.15) is 37.0 Å². The second-order valence-corrected chi connectivity index (χ2v) is 6.70. The Bertz CT molecular complexity index is 618. The Hall–Kier alpha value is -0.990. The first-order chi connectivity index (χ1) is 9.16. The monoisotopic (exact) mass is 367 g/mol. The van der Waals surface area contributed by atoms with Gasteiger partial charge < -0.3 is 4.74 Å². The summed E-state index contributed by atoms with van der Waals surface area (Å²) in [5.74, 6) is -1.76. The van der Waals surface area contributed by atoms with Crippen LogP contribution in [-0.2, 0) is 14.8 Å². The van der Waals surface area contributed by atoms with Crippen molar-refractivity contribution in [3.8, 4) is 0 Å². The molecule has 0 heterocycles. The van der Waals surface area contributed by atoms with Gasteiger partial charge in [-0.2, -0.15) is 0 Å². The van der Waals surface area contributed by atoms with Crippen molar-refractivity contribution in [1.82, 2.24) is 0 Å². The number of rotatable bonds is 5. The Labute approximate surface area is 125 Å². The van der Waals surface area contributed by atoms with E-state index >= 15 is 0 Å². The maximum atomic E-state index is 13.5. The summed E-state index contributed by atoms with van der Waals surface area (Å²) >= 11 is 3.00. The molecule has 0 radical (unpaired) electrons. The Morgan fingerprint density at radius 2 is 2.10 bits per heavy atom. The number of primary sulfonamides is 1. The van der Waals surface area contributed by atoms with Crippen molar-refractivity contribution in [2.75, 3.05) is 0 Å². The summed E-state index contributed by atoms with van der Waals surface area (Å²) in [7, 11) is -4.25. The lowest BCUT2D eigenvalue weighted by Gasteiger charge is -2.13. The van der Waals surface area contributed by atoms with Crippen molar-refractivity contribution < 1.29 is 22.3 Å². The van der Waals surface area contributed by atoms with E-state index in [0.717, 1.165) is 18.6 Å². The van der Waals surface area contributed by atoms with Crippen LogP contribution in [0.4, 0.5) is 4.39 Å². The first-order valence-corrected chi connectivity index (χ1v) is 8.23. The molecule has 0 saturated heterocycles. The minimum absolute atomic E-state index is 0.0848. The first kappa shape index (κ1) is 17.1. The molecule has 0 aliphatic carbocycles. The molecule has 0 fully saturated rings. The van der Waals surface area contributed by atoms with Crippen LogP contribution in [0.15, 0.2) is 21.5 Å². The lowest BCUT2D eigenvalue weighted by molar-refractivity contribution is 0.0322. The van der Waals surface area contributed by atoms with E-state index in [0.29, 0.717) is 6.42 Å². The minimum Gasteiger partial charge on any atom is -0.459 e. The third kappa shape index (κ3) is 4.26. The molecule has 0 bridgehead atoms. The Balaban J connectivity index is 3.16. The molecule has 1 rings (SSSR count). The smallest absolute Gasteiger partial charge is 0.339 e. The summed E-state index contributed by atoms with van der Waals surface area (Å²) in [5, 5.41) is 4.89. The maximum Gasteiger partial charge on any atom is 0.339 e. The molecule has 1 unspecified atom stereocenters. The first-order valence-electron chi connectivity index (χ1n) is 5.89. The van der Waals surface area contributed by atoms with Gasteiger partial charge in [-0.25, -0.2) is 22.7 Å². The largest absolute Gasteiger partial charge is 0.459 e. The van der Waals surface area contributed by atoms with Crippen LogP contribution >= 0.6 is 15.9 Å². The van der Waals surface area contributed by atoms with Gasteiger partial charge in [0.1, 0.15) is 10.7 Å². The second kappa shape index (κ2) is 6.64. The highest BCUT2D eigenvalue weighted by atomic mass is 79.9. The highest BCUT2D eigenvalue weighted by Gasteiger charge is 2.22. The Morgan fingerprint density at radius 3 is 2.60 bits per heavy atom. The van der Waals surface area contributed by atoms with Crippen molar-refractivity contribution >= 4 is 31.9 Å². The number of nitrogens with two attached hydrogens (primary N) is 1. The fraction of sp³-hybridized carbons (Fsp3) is 0.417. The predicted molar refractivity (Wildman–Crippen MR) is 75.3 cm³/mol. The normalized spacial score (nSPS) is 13.1. The number of carbonyl (C=O) groups excluding carboxylic acids is 1. The highest BCUT2D eigenvalue weighted by Crippen LogP contribution is 2.25. The van der Waals surface area contributed by atoms with E-state index < -0.39 is 26.7 Å². The summed E-state index contributed by atoms with van der Waals surface area (Å²) in [6, 6.07) is 1.75. The third-order valence-electron chi connectivity index (χ3n) is 2.55. The van der Waals surface area contributed by atoms with Crippen molar-refractivity contribution in [3.63, 3.8) is 0 Å². The van der Waals surface area contributed by atoms with Crippen LogP contribution in [0.25, 0.3) is 0 Å². The molecule has 0 aliphatic rings. The fourth-order valence-corrected chi connectivity index (χ4v) is 2.71. The van der Waals surface area contributed by atoms with Crippen LogP contribution in [0.5, 0.6) is 0 Å². The van der Waals surface area contributed by atoms with Gasteiger partial charge in [0.15, 0.2) is 0 Å². The van der Waals surface area contributed by atoms with Crippen molar-refractivity contribution in [2.24, 2.45) is 5.14 Å². The van der Waals surface area contributed by atoms with Gasteiger partial charge in [0.05, 0.1) is 11.7 Å². The summed E-state index contributed by atoms with van der Waals surface area (Å²) in [6.07, 6.45) is 1.19. The fourth-order valence-electron chi connectivity index (χ4n) is 1.62. The summed E-state index contributed by atoms with van der Waals surface area (Å²) in [6.45, 7) is 3.66. The van der Waals surface area contributed by atoms with E-state index in [-0.39, 0.29) is 16.1 Å². The number of halogens is 2. The van der Waals surface area contributed by atoms with Crippen LogP contribution in [0.2, 0.25) is 0 Å². The molecule has 0 aliphatic heterocycles. The topological polar surface area (TPSA) is 86.5 Å². The van der Waals surface area contributed by atoms with E-state index in [9.17, 15) is 17.6 Å². The molecule has 20 heavy (non-hydrogen) atoms. The van der Waals surface area contributed by atoms with Crippen molar-refractivity contribution in [2.45, 2.75) is 37.7 Å². The molecule has 5 nitrogen and oxygen atoms in total. The molecule has 2 N–H and O–H groups in total. The SMILES string of the molecule is CCCC(C)OC(=O)c1cc(S(N)(=O)=O)c(F)cc1Br. The maximum absolute atomic E-state index is 13.5. The van der Waals surface area contributed by atoms with Gasteiger partial charge in [-0.15, -0.1) is 0 Å². The van der Waals surface area contributed by atoms with Crippen LogP contribution in [-0.4, -0.2) is 20.5 Å². The van der Waals surface area contributed by atoms with Crippen molar-refractivity contribution in [3.05, 3.63) is 28.0 Å². The standard InChI is InChI=1S/C12H15BrFNO4S/c1-3-4-7(2)19-12(16)8-5-11(20(15,17)18)10(14)6-9(8)13/h5-7H,3-4H2,1-2H3,(H2,15,17,18). The molecule has 0 spiro atoms. The quantitative estimate of drug-likeness (QED) is 0.810. The zero-order chi connectivity index (χ0) is 15.5. The molecule has 8 heteroatoms.